The van der Waals surface area contributed by atoms with Crippen molar-refractivity contribution in [1.82, 2.24) is 4.98 Å². The van der Waals surface area contributed by atoms with Gasteiger partial charge < -0.3 is 20.3 Å². The lowest BCUT2D eigenvalue weighted by atomic mass is 9.75. The number of nitrogens with zero attached hydrogens (tertiary/aromatic N) is 3. The third kappa shape index (κ3) is 5.78. The van der Waals surface area contributed by atoms with Crippen molar-refractivity contribution in [3.8, 4) is 0 Å². The number of fused-ring (bicyclic) bond motifs is 1. The molecule has 2 N–H and O–H groups in total. The summed E-state index contributed by atoms with van der Waals surface area (Å²) < 4.78 is 5.53. The zero-order valence-electron chi connectivity index (χ0n) is 21.8. The van der Waals surface area contributed by atoms with Gasteiger partial charge in [-0.2, -0.15) is 0 Å². The number of nitrogens with two attached hydrogens (primary N) is 1. The summed E-state index contributed by atoms with van der Waals surface area (Å²) in [6, 6.07) is 10.9. The lowest BCUT2D eigenvalue weighted by Crippen LogP contribution is -2.47. The fourth-order valence-corrected chi connectivity index (χ4v) is 4.95. The molecule has 1 amide bonds. The van der Waals surface area contributed by atoms with Crippen LogP contribution in [0.4, 0.5) is 11.4 Å². The number of benzene rings is 1. The van der Waals surface area contributed by atoms with Crippen molar-refractivity contribution in [3.63, 3.8) is 0 Å². The van der Waals surface area contributed by atoms with E-state index in [0.717, 1.165) is 49.7 Å². The van der Waals surface area contributed by atoms with Crippen LogP contribution in [-0.2, 0) is 16.0 Å². The molecule has 0 aliphatic carbocycles. The number of rotatable bonds is 4. The van der Waals surface area contributed by atoms with Crippen LogP contribution in [0.3, 0.4) is 0 Å². The first-order chi connectivity index (χ1) is 16.3. The first-order valence-electron chi connectivity index (χ1n) is 12.7. The summed E-state index contributed by atoms with van der Waals surface area (Å²) in [5, 5.41) is 0. The maximum atomic E-state index is 12.5. The predicted octanol–water partition coefficient (Wildman–Crippen LogP) is 5.32. The van der Waals surface area contributed by atoms with E-state index in [1.165, 1.54) is 17.7 Å². The van der Waals surface area contributed by atoms with Crippen molar-refractivity contribution >= 4 is 17.3 Å². The number of aromatic nitrogens is 1. The van der Waals surface area contributed by atoms with E-state index in [1.54, 1.807) is 6.92 Å². The monoisotopic (exact) mass is 468 g/mol. The molecule has 2 aromatic rings. The maximum Gasteiger partial charge on any atom is 0.224 e. The fraction of sp³-hybridized carbons (Fsp3) is 0.571. The molecule has 3 heterocycles. The Hall–Kier alpha value is -2.44. The van der Waals surface area contributed by atoms with E-state index in [2.05, 4.69) is 62.9 Å². The Morgan fingerprint density at radius 2 is 1.88 bits per heavy atom. The number of carbonyl (C=O) groups is 1. The molecule has 0 saturated carbocycles. The molecule has 2 aliphatic rings. The van der Waals surface area contributed by atoms with Crippen molar-refractivity contribution in [2.45, 2.75) is 72.4 Å². The summed E-state index contributed by atoms with van der Waals surface area (Å²) >= 11 is 0. The number of carbonyl (C=O) groups excluding carboxylic acids is 1. The molecule has 6 heteroatoms. The highest BCUT2D eigenvalue weighted by Gasteiger charge is 2.38. The summed E-state index contributed by atoms with van der Waals surface area (Å²) in [6.45, 7) is 15.6. The maximum absolute atomic E-state index is 12.5. The van der Waals surface area contributed by atoms with Gasteiger partial charge in [0.25, 0.3) is 0 Å². The summed E-state index contributed by atoms with van der Waals surface area (Å²) in [4.78, 5) is 21.6. The van der Waals surface area contributed by atoms with Gasteiger partial charge in [-0.25, -0.2) is 0 Å². The normalized spacial score (nSPS) is 23.0. The van der Waals surface area contributed by atoms with Crippen LogP contribution >= 0.6 is 0 Å². The molecule has 4 atom stereocenters. The van der Waals surface area contributed by atoms with Crippen molar-refractivity contribution in [2.75, 3.05) is 36.1 Å². The molecule has 0 bridgehead atoms. The first kappa shape index (κ1) is 26.2. The minimum absolute atomic E-state index is 0. The first-order valence-corrected chi connectivity index (χ1v) is 12.7. The lowest BCUT2D eigenvalue weighted by Gasteiger charge is -2.44. The van der Waals surface area contributed by atoms with Crippen LogP contribution in [-0.4, -0.2) is 43.2 Å². The summed E-state index contributed by atoms with van der Waals surface area (Å²) in [6.07, 6.45) is 3.99. The van der Waals surface area contributed by atoms with Gasteiger partial charge in [0.2, 0.25) is 5.91 Å². The van der Waals surface area contributed by atoms with Gasteiger partial charge in [-0.1, -0.05) is 33.3 Å². The standard InChI is InChI=1S/C25H34N4O2.C3H8.H2/c1-16-18(3)29(19(4)30)25-8-7-22(28-9-11-31-12-10-28)14-24(25)23(16)13-21-6-5-20(15-27-21)17(2)26;1-3-2;/h5-8,14-18,23H,9-13,26H2,1-4H3;3H2,1-2H3;1H. The van der Waals surface area contributed by atoms with Gasteiger partial charge in [-0.3, -0.25) is 9.78 Å². The van der Waals surface area contributed by atoms with E-state index in [0.29, 0.717) is 5.92 Å². The van der Waals surface area contributed by atoms with Gasteiger partial charge in [0.05, 0.1) is 13.2 Å². The van der Waals surface area contributed by atoms with E-state index >= 15 is 0 Å². The quantitative estimate of drug-likeness (QED) is 0.658. The molecule has 4 rings (SSSR count). The number of anilines is 2. The SMILES string of the molecule is CC(=O)N1c2ccc(N3CCOCC3)cc2C(Cc2ccc(C(C)N)cn2)C(C)C1C.CCC.[HH]. The molecule has 1 aromatic heterocycles. The van der Waals surface area contributed by atoms with Crippen LogP contribution in [0.2, 0.25) is 0 Å². The van der Waals surface area contributed by atoms with Crippen LogP contribution in [0.5, 0.6) is 0 Å². The van der Waals surface area contributed by atoms with E-state index in [4.69, 9.17) is 15.5 Å². The second kappa shape index (κ2) is 11.8. The lowest BCUT2D eigenvalue weighted by molar-refractivity contribution is -0.117. The van der Waals surface area contributed by atoms with Crippen LogP contribution in [0.25, 0.3) is 0 Å². The van der Waals surface area contributed by atoms with Crippen molar-refractivity contribution in [1.29, 1.82) is 0 Å². The Labute approximate surface area is 207 Å². The van der Waals surface area contributed by atoms with Crippen LogP contribution in [0, 0.1) is 5.92 Å². The fourth-order valence-electron chi connectivity index (χ4n) is 4.95. The molecule has 6 nitrogen and oxygen atoms in total. The van der Waals surface area contributed by atoms with Crippen molar-refractivity contribution in [3.05, 3.63) is 53.3 Å². The van der Waals surface area contributed by atoms with Crippen LogP contribution in [0.15, 0.2) is 36.5 Å². The van der Waals surface area contributed by atoms with Crippen molar-refractivity contribution in [2.24, 2.45) is 11.7 Å². The number of amides is 1. The third-order valence-corrected chi connectivity index (χ3v) is 6.99. The molecule has 4 unspecified atom stereocenters. The minimum atomic E-state index is -0.0175. The molecule has 1 fully saturated rings. The largest absolute Gasteiger partial charge is 0.378 e. The molecular weight excluding hydrogens is 424 g/mol. The summed E-state index contributed by atoms with van der Waals surface area (Å²) in [5.41, 5.74) is 11.6. The second-order valence-electron chi connectivity index (χ2n) is 9.72. The molecule has 1 saturated heterocycles. The average Bonchev–Trinajstić information content (AvgIpc) is 2.83. The summed E-state index contributed by atoms with van der Waals surface area (Å²) in [7, 11) is 0. The predicted molar refractivity (Wildman–Crippen MR) is 143 cm³/mol. The molecule has 34 heavy (non-hydrogen) atoms. The Morgan fingerprint density at radius 1 is 1.21 bits per heavy atom. The van der Waals surface area contributed by atoms with E-state index in [9.17, 15) is 4.79 Å². The number of pyridine rings is 1. The highest BCUT2D eigenvalue weighted by molar-refractivity contribution is 5.94. The second-order valence-corrected chi connectivity index (χ2v) is 9.72. The molecule has 1 aromatic carbocycles. The molecule has 188 valence electrons. The molecule has 0 spiro atoms. The van der Waals surface area contributed by atoms with Crippen LogP contribution < -0.4 is 15.5 Å². The zero-order valence-corrected chi connectivity index (χ0v) is 21.8. The van der Waals surface area contributed by atoms with Crippen molar-refractivity contribution < 1.29 is 11.0 Å². The smallest absolute Gasteiger partial charge is 0.224 e. The Kier molecular flexibility index (Phi) is 9.09. The van der Waals surface area contributed by atoms with Crippen LogP contribution in [0.1, 0.15) is 78.2 Å². The van der Waals surface area contributed by atoms with Gasteiger partial charge in [-0.05, 0) is 67.5 Å². The topological polar surface area (TPSA) is 71.7 Å². The highest BCUT2D eigenvalue weighted by Crippen LogP contribution is 2.45. The van der Waals surface area contributed by atoms with Gasteiger partial charge in [0.1, 0.15) is 0 Å². The third-order valence-electron chi connectivity index (χ3n) is 6.99. The molecule has 2 aliphatic heterocycles. The number of hydrogen-bond acceptors (Lipinski definition) is 5. The Bertz CT molecular complexity index is 944. The average molecular weight is 469 g/mol. The highest BCUT2D eigenvalue weighted by atomic mass is 16.5. The van der Waals surface area contributed by atoms with E-state index in [-0.39, 0.29) is 25.3 Å². The van der Waals surface area contributed by atoms with Gasteiger partial charge in [0, 0.05) is 56.8 Å². The Balaban J connectivity index is 0.00000103. The van der Waals surface area contributed by atoms with Gasteiger partial charge in [0.15, 0.2) is 0 Å². The van der Waals surface area contributed by atoms with Gasteiger partial charge in [-0.15, -0.1) is 0 Å². The summed E-state index contributed by atoms with van der Waals surface area (Å²) in [5.74, 6) is 0.694. The minimum Gasteiger partial charge on any atom is -0.378 e. The molecular formula is C28H44N4O2. The van der Waals surface area contributed by atoms with E-state index < -0.39 is 0 Å². The zero-order chi connectivity index (χ0) is 24.8. The number of morpholine rings is 1. The van der Waals surface area contributed by atoms with Gasteiger partial charge >= 0.3 is 0 Å². The number of ether oxygens (including phenoxy) is 1. The Morgan fingerprint density at radius 3 is 2.44 bits per heavy atom. The number of hydrogen-bond donors (Lipinski definition) is 1. The molecule has 0 radical (unpaired) electrons. The van der Waals surface area contributed by atoms with E-state index in [1.807, 2.05) is 18.0 Å².